The fourth-order valence-corrected chi connectivity index (χ4v) is 5.09. The Morgan fingerprint density at radius 1 is 1.05 bits per heavy atom. The first-order valence-corrected chi connectivity index (χ1v) is 13.3. The van der Waals surface area contributed by atoms with Crippen LogP contribution in [0.25, 0.3) is 22.6 Å². The topological polar surface area (TPSA) is 192 Å². The number of carbonyl (C=O) groups is 1. The van der Waals surface area contributed by atoms with Crippen LogP contribution in [0.5, 0.6) is 0 Å². The number of carbonyl (C=O) groups excluding carboxylic acids is 1. The molecule has 3 N–H and O–H groups in total. The van der Waals surface area contributed by atoms with E-state index < -0.39 is 10.8 Å². The fraction of sp³-hybridized carbons (Fsp3) is 0.346. The maximum Gasteiger partial charge on any atom is 0.293 e. The van der Waals surface area contributed by atoms with Crippen LogP contribution in [0.3, 0.4) is 0 Å². The molecule has 2 aromatic heterocycles. The number of nitro benzene ring substituents is 1. The molecule has 1 amide bonds. The molecular weight excluding hydrogens is 548 g/mol. The van der Waals surface area contributed by atoms with E-state index in [1.54, 1.807) is 10.6 Å². The standard InChI is InChI=1S/C26H28N10O6/c27-25-24(31-42-32-25)26-29-18-3-1-2-4-19(18)35(26)16-23(37)30-28-15-17-13-22(36(38)39)21(34-7-11-41-12-8-34)14-20(17)33-5-9-40-10-6-33/h1-4,13-15H,5-12,16H2,(H2,27,32)(H,30,37)/b28-15-. The molecular formula is C26H28N10O6. The lowest BCUT2D eigenvalue weighted by Gasteiger charge is -2.33. The molecule has 0 bridgehead atoms. The Hall–Kier alpha value is -5.09. The molecule has 2 saturated heterocycles. The van der Waals surface area contributed by atoms with Crippen molar-refractivity contribution in [3.63, 3.8) is 0 Å². The average Bonchev–Trinajstić information content (AvgIpc) is 3.60. The van der Waals surface area contributed by atoms with Crippen molar-refractivity contribution in [1.29, 1.82) is 0 Å². The molecule has 2 fully saturated rings. The van der Waals surface area contributed by atoms with Gasteiger partial charge in [-0.3, -0.25) is 14.9 Å². The summed E-state index contributed by atoms with van der Waals surface area (Å²) >= 11 is 0. The zero-order chi connectivity index (χ0) is 29.1. The number of imidazole rings is 1. The van der Waals surface area contributed by atoms with E-state index in [9.17, 15) is 14.9 Å². The van der Waals surface area contributed by atoms with Crippen LogP contribution in [-0.2, 0) is 20.8 Å². The highest BCUT2D eigenvalue weighted by Crippen LogP contribution is 2.36. The van der Waals surface area contributed by atoms with E-state index in [1.165, 1.54) is 12.3 Å². The van der Waals surface area contributed by atoms with Gasteiger partial charge in [-0.1, -0.05) is 12.1 Å². The quantitative estimate of drug-likeness (QED) is 0.174. The molecule has 0 saturated carbocycles. The van der Waals surface area contributed by atoms with Gasteiger partial charge in [0.25, 0.3) is 11.6 Å². The van der Waals surface area contributed by atoms with E-state index in [2.05, 4.69) is 30.7 Å². The zero-order valence-corrected chi connectivity index (χ0v) is 22.5. The number of para-hydroxylation sites is 2. The maximum absolute atomic E-state index is 13.1. The van der Waals surface area contributed by atoms with Gasteiger partial charge in [-0.05, 0) is 28.5 Å². The highest BCUT2D eigenvalue weighted by molar-refractivity contribution is 5.93. The zero-order valence-electron chi connectivity index (χ0n) is 22.5. The number of hydrogen-bond acceptors (Lipinski definition) is 13. The molecule has 2 aliphatic rings. The van der Waals surface area contributed by atoms with Crippen molar-refractivity contribution < 1.29 is 23.8 Å². The Bertz CT molecular complexity index is 1640. The molecule has 0 aliphatic carbocycles. The number of nitrogens with two attached hydrogens (primary N) is 1. The number of rotatable bonds is 8. The molecule has 16 heteroatoms. The predicted molar refractivity (Wildman–Crippen MR) is 152 cm³/mol. The molecule has 0 atom stereocenters. The van der Waals surface area contributed by atoms with Crippen LogP contribution in [0.15, 0.2) is 46.1 Å². The number of hydrazone groups is 1. The summed E-state index contributed by atoms with van der Waals surface area (Å²) in [6.45, 7) is 4.22. The SMILES string of the molecule is Nc1nonc1-c1nc2ccccc2n1CC(=O)N/N=C\c1cc([N+](=O)[O-])c(N2CCOCC2)cc1N1CCOCC1. The Balaban J connectivity index is 1.28. The van der Waals surface area contributed by atoms with Crippen LogP contribution in [0.2, 0.25) is 0 Å². The lowest BCUT2D eigenvalue weighted by Crippen LogP contribution is -2.38. The third-order valence-electron chi connectivity index (χ3n) is 7.10. The van der Waals surface area contributed by atoms with E-state index in [4.69, 9.17) is 19.8 Å². The van der Waals surface area contributed by atoms with Gasteiger partial charge in [0.05, 0.1) is 48.6 Å². The van der Waals surface area contributed by atoms with Crippen molar-refractivity contribution >= 4 is 46.0 Å². The van der Waals surface area contributed by atoms with Crippen molar-refractivity contribution in [1.82, 2.24) is 25.3 Å². The number of hydrogen-bond donors (Lipinski definition) is 2. The van der Waals surface area contributed by atoms with Gasteiger partial charge in [-0.25, -0.2) is 15.0 Å². The second-order valence-corrected chi connectivity index (χ2v) is 9.66. The van der Waals surface area contributed by atoms with E-state index in [0.29, 0.717) is 80.7 Å². The molecule has 6 rings (SSSR count). The van der Waals surface area contributed by atoms with E-state index in [-0.39, 0.29) is 23.7 Å². The van der Waals surface area contributed by atoms with E-state index in [0.717, 1.165) is 5.69 Å². The Kier molecular flexibility index (Phi) is 7.61. The van der Waals surface area contributed by atoms with Crippen molar-refractivity contribution in [2.24, 2.45) is 5.10 Å². The highest BCUT2D eigenvalue weighted by Gasteiger charge is 2.26. The smallest absolute Gasteiger partial charge is 0.293 e. The molecule has 0 unspecified atom stereocenters. The van der Waals surface area contributed by atoms with Crippen LogP contribution in [0, 0.1) is 10.1 Å². The second-order valence-electron chi connectivity index (χ2n) is 9.66. The summed E-state index contributed by atoms with van der Waals surface area (Å²) in [5.74, 6) is -0.0983. The lowest BCUT2D eigenvalue weighted by atomic mass is 10.1. The van der Waals surface area contributed by atoms with Gasteiger partial charge >= 0.3 is 0 Å². The molecule has 42 heavy (non-hydrogen) atoms. The first-order valence-electron chi connectivity index (χ1n) is 13.3. The normalized spacial score (nSPS) is 15.9. The van der Waals surface area contributed by atoms with Gasteiger partial charge < -0.3 is 29.6 Å². The largest absolute Gasteiger partial charge is 0.379 e. The fourth-order valence-electron chi connectivity index (χ4n) is 5.09. The van der Waals surface area contributed by atoms with Gasteiger partial charge in [0.15, 0.2) is 17.3 Å². The number of nitro groups is 1. The second kappa shape index (κ2) is 11.8. The minimum absolute atomic E-state index is 0.0442. The third-order valence-corrected chi connectivity index (χ3v) is 7.10. The number of aromatic nitrogens is 4. The van der Waals surface area contributed by atoms with Gasteiger partial charge in [-0.15, -0.1) is 0 Å². The Labute approximate surface area is 238 Å². The van der Waals surface area contributed by atoms with Crippen LogP contribution >= 0.6 is 0 Å². The number of anilines is 3. The van der Waals surface area contributed by atoms with Crippen LogP contribution in [0.1, 0.15) is 5.56 Å². The number of ether oxygens (including phenoxy) is 2. The van der Waals surface area contributed by atoms with Crippen LogP contribution in [0.4, 0.5) is 22.9 Å². The molecule has 16 nitrogen and oxygen atoms in total. The van der Waals surface area contributed by atoms with Gasteiger partial charge in [-0.2, -0.15) is 5.10 Å². The van der Waals surface area contributed by atoms with Gasteiger partial charge in [0.2, 0.25) is 0 Å². The number of nitrogens with one attached hydrogen (secondary N) is 1. The molecule has 2 aliphatic heterocycles. The molecule has 4 heterocycles. The monoisotopic (exact) mass is 576 g/mol. The van der Waals surface area contributed by atoms with Crippen molar-refractivity contribution in [3.8, 4) is 11.5 Å². The Morgan fingerprint density at radius 3 is 2.40 bits per heavy atom. The molecule has 0 spiro atoms. The van der Waals surface area contributed by atoms with Crippen molar-refractivity contribution in [2.75, 3.05) is 68.1 Å². The lowest BCUT2D eigenvalue weighted by molar-refractivity contribution is -0.384. The molecule has 2 aromatic carbocycles. The van der Waals surface area contributed by atoms with Crippen molar-refractivity contribution in [2.45, 2.75) is 6.54 Å². The summed E-state index contributed by atoms with van der Waals surface area (Å²) in [4.78, 5) is 33.3. The summed E-state index contributed by atoms with van der Waals surface area (Å²) in [7, 11) is 0. The third kappa shape index (κ3) is 5.44. The summed E-state index contributed by atoms with van der Waals surface area (Å²) in [6.07, 6.45) is 1.42. The summed E-state index contributed by atoms with van der Waals surface area (Å²) < 4.78 is 17.3. The first kappa shape index (κ1) is 27.1. The maximum atomic E-state index is 13.1. The molecule has 218 valence electrons. The number of nitrogen functional groups attached to an aromatic ring is 1. The minimum atomic E-state index is -0.460. The first-order chi connectivity index (χ1) is 20.5. The van der Waals surface area contributed by atoms with E-state index in [1.807, 2.05) is 29.2 Å². The highest BCUT2D eigenvalue weighted by atomic mass is 16.6. The van der Waals surface area contributed by atoms with Crippen LogP contribution in [-0.4, -0.2) is 89.5 Å². The van der Waals surface area contributed by atoms with Gasteiger partial charge in [0.1, 0.15) is 12.2 Å². The number of benzene rings is 2. The molecule has 0 radical (unpaired) electrons. The minimum Gasteiger partial charge on any atom is -0.379 e. The summed E-state index contributed by atoms with van der Waals surface area (Å²) in [6, 6.07) is 10.6. The van der Waals surface area contributed by atoms with Crippen molar-refractivity contribution in [3.05, 3.63) is 52.1 Å². The average molecular weight is 577 g/mol. The number of amides is 1. The van der Waals surface area contributed by atoms with E-state index >= 15 is 0 Å². The summed E-state index contributed by atoms with van der Waals surface area (Å²) in [5, 5.41) is 23.7. The van der Waals surface area contributed by atoms with Gasteiger partial charge in [0, 0.05) is 43.5 Å². The molecule has 4 aromatic rings. The number of nitrogens with zero attached hydrogens (tertiary/aromatic N) is 8. The van der Waals surface area contributed by atoms with Crippen LogP contribution < -0.4 is 21.0 Å². The number of fused-ring (bicyclic) bond motifs is 1. The summed E-state index contributed by atoms with van der Waals surface area (Å²) in [5.41, 5.74) is 11.7. The number of morpholine rings is 2. The Morgan fingerprint density at radius 2 is 1.74 bits per heavy atom. The predicted octanol–water partition coefficient (Wildman–Crippen LogP) is 1.40.